The molecule has 5 saturated heterocycles. The van der Waals surface area contributed by atoms with Crippen molar-refractivity contribution in [3.05, 3.63) is 56.0 Å². The molecule has 0 unspecified atom stereocenters. The van der Waals surface area contributed by atoms with Gasteiger partial charge in [0.2, 0.25) is 0 Å². The van der Waals surface area contributed by atoms with Crippen molar-refractivity contribution in [2.24, 2.45) is 11.8 Å². The predicted octanol–water partition coefficient (Wildman–Crippen LogP) is 7.52. The zero-order chi connectivity index (χ0) is 42.7. The maximum Gasteiger partial charge on any atom is 0.326 e. The van der Waals surface area contributed by atoms with Crippen LogP contribution in [0, 0.1) is 23.5 Å². The number of carbonyl (C=O) groups excluding carboxylic acids is 2. The van der Waals surface area contributed by atoms with Crippen molar-refractivity contribution in [2.45, 2.75) is 115 Å². The maximum atomic E-state index is 14.0. The van der Waals surface area contributed by atoms with Crippen molar-refractivity contribution in [3.8, 4) is 11.5 Å². The van der Waals surface area contributed by atoms with E-state index in [2.05, 4.69) is 65.7 Å². The van der Waals surface area contributed by atoms with Gasteiger partial charge >= 0.3 is 11.9 Å². The number of benzene rings is 2. The molecule has 59 heavy (non-hydrogen) atoms. The number of fused-ring (bicyclic) bond motifs is 2. The quantitative estimate of drug-likeness (QED) is 0.186. The van der Waals surface area contributed by atoms with Gasteiger partial charge in [0.1, 0.15) is 59.6 Å². The standard InChI is InChI=1S/C21H31BrFNO5Si.C15H17BrFNO5.C4H8O.ClH/c1-12-17-16(11-27-30(6,7)21(2,3)4)29-24(18(17)20(25)28-12)10-13-8-14(23)9-15(22)19(13)26-5;1-7-12-11(6-19)23-18(13(12)15(20)22-7)5-8-3-9(17)4-10(16)14(8)21-2;1-2-4-5-3-1;/h8-9,12,16-18H,10-11H2,1-7H3;3-4,7,11-13,19H,5-6H2,1-2H3;1-4H2;1H/t12-,16-,17+,18-;7-,11-,12+,13-;;/m00../s1. The zero-order valence-electron chi connectivity index (χ0n) is 34.9. The summed E-state index contributed by atoms with van der Waals surface area (Å²) in [6, 6.07) is 4.20. The minimum absolute atomic E-state index is 0. The number of methoxy groups -OCH3 is 2. The van der Waals surface area contributed by atoms with Gasteiger partial charge in [0.05, 0.1) is 61.3 Å². The third-order valence-electron chi connectivity index (χ3n) is 11.6. The fourth-order valence-electron chi connectivity index (χ4n) is 7.58. The summed E-state index contributed by atoms with van der Waals surface area (Å²) >= 11 is 6.59. The fraction of sp³-hybridized carbons (Fsp3) is 0.650. The molecule has 332 valence electrons. The molecule has 5 aliphatic rings. The molecule has 5 fully saturated rings. The van der Waals surface area contributed by atoms with Crippen LogP contribution in [0.4, 0.5) is 8.78 Å². The van der Waals surface area contributed by atoms with Crippen LogP contribution < -0.4 is 9.47 Å². The number of hydrogen-bond donors (Lipinski definition) is 1. The molecule has 7 rings (SSSR count). The molecule has 0 amide bonds. The van der Waals surface area contributed by atoms with Crippen LogP contribution in [0.2, 0.25) is 18.1 Å². The lowest BCUT2D eigenvalue weighted by atomic mass is 9.93. The second-order valence-corrected chi connectivity index (χ2v) is 23.0. The van der Waals surface area contributed by atoms with Gasteiger partial charge in [-0.25, -0.2) is 8.78 Å². The van der Waals surface area contributed by atoms with Gasteiger partial charge < -0.3 is 33.2 Å². The van der Waals surface area contributed by atoms with Gasteiger partial charge in [0.15, 0.2) is 8.32 Å². The molecule has 1 N–H and O–H groups in total. The van der Waals surface area contributed by atoms with Crippen LogP contribution in [-0.4, -0.2) is 113 Å². The Morgan fingerprint density at radius 2 is 1.22 bits per heavy atom. The lowest BCUT2D eigenvalue weighted by Gasteiger charge is -2.37. The number of esters is 2. The molecule has 2 aromatic carbocycles. The third-order valence-corrected chi connectivity index (χ3v) is 17.3. The average molecular weight is 1000 g/mol. The normalized spacial score (nSPS) is 27.8. The fourth-order valence-corrected chi connectivity index (χ4v) is 9.87. The second kappa shape index (κ2) is 20.9. The van der Waals surface area contributed by atoms with Crippen LogP contribution in [0.1, 0.15) is 58.6 Å². The Hall–Kier alpha value is -1.97. The zero-order valence-corrected chi connectivity index (χ0v) is 39.9. The summed E-state index contributed by atoms with van der Waals surface area (Å²) in [6.07, 6.45) is 1.11. The Morgan fingerprint density at radius 1 is 0.797 bits per heavy atom. The van der Waals surface area contributed by atoms with E-state index in [1.807, 2.05) is 6.92 Å². The first-order valence-corrected chi connectivity index (χ1v) is 23.9. The van der Waals surface area contributed by atoms with Crippen molar-refractivity contribution in [1.82, 2.24) is 10.1 Å². The molecule has 0 aromatic heterocycles. The third kappa shape index (κ3) is 11.4. The molecule has 0 spiro atoms. The number of carbonyl (C=O) groups is 2. The summed E-state index contributed by atoms with van der Waals surface area (Å²) in [5.74, 6) is -0.959. The molecular weight excluding hydrogens is 946 g/mol. The second-order valence-electron chi connectivity index (χ2n) is 16.5. The highest BCUT2D eigenvalue weighted by atomic mass is 79.9. The number of rotatable bonds is 10. The highest BCUT2D eigenvalue weighted by Gasteiger charge is 2.58. The number of cyclic esters (lactones) is 2. The average Bonchev–Trinajstić information content (AvgIpc) is 3.97. The molecule has 19 heteroatoms. The minimum atomic E-state index is -1.98. The van der Waals surface area contributed by atoms with Gasteiger partial charge in [0.25, 0.3) is 0 Å². The largest absolute Gasteiger partial charge is 0.495 e. The highest BCUT2D eigenvalue weighted by molar-refractivity contribution is 9.11. The molecular formula is C40H57Br2ClF2N2O11Si. The van der Waals surface area contributed by atoms with Gasteiger partial charge in [-0.05, 0) is 101 Å². The number of nitrogens with zero attached hydrogens (tertiary/aromatic N) is 2. The Kier molecular flexibility index (Phi) is 17.6. The number of ether oxygens (including phenoxy) is 5. The van der Waals surface area contributed by atoms with Crippen LogP contribution in [0.15, 0.2) is 33.2 Å². The Labute approximate surface area is 369 Å². The molecule has 0 radical (unpaired) electrons. The highest BCUT2D eigenvalue weighted by Crippen LogP contribution is 2.43. The predicted molar refractivity (Wildman–Crippen MR) is 225 cm³/mol. The number of aliphatic hydroxyl groups excluding tert-OH is 1. The molecule has 2 aromatic rings. The summed E-state index contributed by atoms with van der Waals surface area (Å²) in [5, 5.41) is 12.6. The summed E-state index contributed by atoms with van der Waals surface area (Å²) in [7, 11) is 1.03. The van der Waals surface area contributed by atoms with Gasteiger partial charge in [-0.3, -0.25) is 19.3 Å². The molecule has 13 nitrogen and oxygen atoms in total. The van der Waals surface area contributed by atoms with Gasteiger partial charge in [-0.2, -0.15) is 10.1 Å². The number of hydrogen-bond acceptors (Lipinski definition) is 13. The lowest BCUT2D eigenvalue weighted by Crippen LogP contribution is -2.44. The van der Waals surface area contributed by atoms with Crippen LogP contribution in [0.25, 0.3) is 0 Å². The van der Waals surface area contributed by atoms with Crippen LogP contribution in [0.3, 0.4) is 0 Å². The Balaban J connectivity index is 0.000000234. The maximum absolute atomic E-state index is 14.0. The Bertz CT molecular complexity index is 1770. The van der Waals surface area contributed by atoms with Crippen molar-refractivity contribution >= 4 is 64.5 Å². The van der Waals surface area contributed by atoms with E-state index in [1.54, 1.807) is 12.0 Å². The van der Waals surface area contributed by atoms with E-state index in [-0.39, 0.29) is 73.3 Å². The molecule has 8 atom stereocenters. The molecule has 5 aliphatic heterocycles. The smallest absolute Gasteiger partial charge is 0.326 e. The SMILES string of the molecule is C1CCOC1.COc1c(Br)cc(F)cc1CN1O[C@@H](CO)[C@H]2[C@H](C)OC(=O)[C@H]21.COc1c(Br)cc(F)cc1CN1O[C@@H](CO[Si](C)(C)C(C)(C)C)[C@H]2[C@H](C)OC(=O)[C@H]21.Cl. The molecule has 0 saturated carbocycles. The lowest BCUT2D eigenvalue weighted by molar-refractivity contribution is -0.196. The Morgan fingerprint density at radius 3 is 1.59 bits per heavy atom. The topological polar surface area (TPSA) is 135 Å². The van der Waals surface area contributed by atoms with E-state index >= 15 is 0 Å². The minimum Gasteiger partial charge on any atom is -0.495 e. The van der Waals surface area contributed by atoms with Crippen LogP contribution in [0.5, 0.6) is 11.5 Å². The van der Waals surface area contributed by atoms with E-state index in [1.165, 1.54) is 56.4 Å². The van der Waals surface area contributed by atoms with Crippen molar-refractivity contribution < 1.29 is 61.3 Å². The molecule has 5 heterocycles. The summed E-state index contributed by atoms with van der Waals surface area (Å²) in [6.45, 7) is 17.1. The molecule has 0 aliphatic carbocycles. The van der Waals surface area contributed by atoms with Crippen molar-refractivity contribution in [3.63, 3.8) is 0 Å². The van der Waals surface area contributed by atoms with Crippen LogP contribution in [-0.2, 0) is 51.0 Å². The van der Waals surface area contributed by atoms with Gasteiger partial charge in [-0.15, -0.1) is 12.4 Å². The number of hydroxylamine groups is 4. The first-order valence-electron chi connectivity index (χ1n) is 19.5. The first kappa shape index (κ1) is 49.7. The van der Waals surface area contributed by atoms with Crippen molar-refractivity contribution in [2.75, 3.05) is 40.6 Å². The van der Waals surface area contributed by atoms with E-state index in [4.69, 9.17) is 37.8 Å². The summed E-state index contributed by atoms with van der Waals surface area (Å²) in [4.78, 5) is 36.5. The van der Waals surface area contributed by atoms with E-state index in [9.17, 15) is 23.5 Å². The van der Waals surface area contributed by atoms with E-state index < -0.39 is 44.1 Å². The van der Waals surface area contributed by atoms with E-state index in [0.717, 1.165) is 13.2 Å². The van der Waals surface area contributed by atoms with Crippen molar-refractivity contribution in [1.29, 1.82) is 0 Å². The summed E-state index contributed by atoms with van der Waals surface area (Å²) < 4.78 is 61.5. The first-order chi connectivity index (χ1) is 27.3. The van der Waals surface area contributed by atoms with Crippen LogP contribution >= 0.6 is 44.3 Å². The van der Waals surface area contributed by atoms with E-state index in [0.29, 0.717) is 38.2 Å². The number of aliphatic hydroxyl groups is 1. The number of halogens is 5. The molecule has 0 bridgehead atoms. The monoisotopic (exact) mass is 1000 g/mol. The summed E-state index contributed by atoms with van der Waals surface area (Å²) in [5.41, 5.74) is 1.12. The van der Waals surface area contributed by atoms with Gasteiger partial charge in [0, 0.05) is 24.3 Å². The van der Waals surface area contributed by atoms with Gasteiger partial charge in [-0.1, -0.05) is 20.8 Å².